The number of ether oxygens (including phenoxy) is 2. The summed E-state index contributed by atoms with van der Waals surface area (Å²) in [7, 11) is -1.27. The molecule has 5 rings (SSSR count). The van der Waals surface area contributed by atoms with E-state index in [-0.39, 0.29) is 30.4 Å². The number of aromatic nitrogens is 2. The molecule has 2 aromatic rings. The molecule has 1 N–H and O–H groups in total. The summed E-state index contributed by atoms with van der Waals surface area (Å²) < 4.78 is 54.6. The molecule has 3 aliphatic rings. The molecule has 0 radical (unpaired) electrons. The number of amides is 1. The Balaban J connectivity index is 1.39. The number of hydrogen-bond acceptors (Lipinski definition) is 9. The quantitative estimate of drug-likeness (QED) is 0.359. The highest BCUT2D eigenvalue weighted by molar-refractivity contribution is 7.88. The van der Waals surface area contributed by atoms with E-state index in [1.165, 1.54) is 22.8 Å². The number of aliphatic hydroxyl groups excluding tert-OH is 1. The number of rotatable bonds is 5. The predicted molar refractivity (Wildman–Crippen MR) is 185 cm³/mol. The lowest BCUT2D eigenvalue weighted by Crippen LogP contribution is -2.48. The maximum atomic E-state index is 15.4. The number of sulfonamides is 1. The second-order valence-electron chi connectivity index (χ2n) is 14.0. The van der Waals surface area contributed by atoms with Gasteiger partial charge in [0.05, 0.1) is 41.9 Å². The van der Waals surface area contributed by atoms with E-state index in [1.807, 2.05) is 46.0 Å². The average Bonchev–Trinajstić information content (AvgIpc) is 3.48. The minimum Gasteiger partial charge on any atom is -0.457 e. The fraction of sp³-hybridized carbons (Fsp3) is 0.629. The number of benzene rings is 1. The first-order valence-electron chi connectivity index (χ1n) is 17.2. The number of nitrogens with zero attached hydrogens (tertiary/aromatic N) is 5. The molecule has 0 spiro atoms. The summed E-state index contributed by atoms with van der Waals surface area (Å²) in [4.78, 5) is 30.0. The number of halogens is 1. The number of esters is 1. The number of hydrogen-bond donors (Lipinski definition) is 1. The summed E-state index contributed by atoms with van der Waals surface area (Å²) in [6, 6.07) is 3.18. The van der Waals surface area contributed by atoms with Gasteiger partial charge in [0.15, 0.2) is 0 Å². The van der Waals surface area contributed by atoms with Gasteiger partial charge in [0.2, 0.25) is 10.0 Å². The third-order valence-corrected chi connectivity index (χ3v) is 11.3. The molecule has 1 unspecified atom stereocenters. The van der Waals surface area contributed by atoms with Crippen LogP contribution in [0.25, 0.3) is 17.0 Å². The van der Waals surface area contributed by atoms with E-state index in [0.717, 1.165) is 13.1 Å². The van der Waals surface area contributed by atoms with Gasteiger partial charge in [-0.15, -0.1) is 0 Å². The molecular formula is C35H50FN5O7S. The highest BCUT2D eigenvalue weighted by Gasteiger charge is 2.30. The van der Waals surface area contributed by atoms with Gasteiger partial charge in [0.1, 0.15) is 18.0 Å². The van der Waals surface area contributed by atoms with Gasteiger partial charge in [-0.25, -0.2) is 21.9 Å². The minimum atomic E-state index is -3.28. The molecule has 3 aliphatic heterocycles. The number of aliphatic hydroxyl groups is 1. The summed E-state index contributed by atoms with van der Waals surface area (Å²) in [5.74, 6) is -1.41. The van der Waals surface area contributed by atoms with Crippen LogP contribution in [-0.2, 0) is 24.3 Å². The van der Waals surface area contributed by atoms with Crippen LogP contribution >= 0.6 is 0 Å². The zero-order valence-electron chi connectivity index (χ0n) is 29.1. The Hall–Kier alpha value is -3.33. The predicted octanol–water partition coefficient (Wildman–Crippen LogP) is 4.21. The van der Waals surface area contributed by atoms with E-state index >= 15 is 4.39 Å². The van der Waals surface area contributed by atoms with Crippen LogP contribution in [0, 0.1) is 17.7 Å². The molecule has 2 saturated heterocycles. The van der Waals surface area contributed by atoms with Gasteiger partial charge in [-0.2, -0.15) is 5.10 Å². The Kier molecular flexibility index (Phi) is 11.8. The molecule has 0 saturated carbocycles. The molecule has 0 bridgehead atoms. The van der Waals surface area contributed by atoms with Crippen LogP contribution in [0.2, 0.25) is 0 Å². The zero-order valence-corrected chi connectivity index (χ0v) is 29.9. The molecule has 2 fully saturated rings. The summed E-state index contributed by atoms with van der Waals surface area (Å²) in [6.45, 7) is 9.16. The number of cyclic esters (lactones) is 1. The SMILES string of the molecule is C/C(=C\c1cc(F)c2cnn(C3CCN(S(C)(=O)=O)CC3)c2c1)[C@H]1OC(=O)C[C@H](O)CC[C@H](C)C(OC(=O)N2CCN(C)CC2)/C=C/[C@@H]1C. The first-order valence-corrected chi connectivity index (χ1v) is 19.0. The average molecular weight is 704 g/mol. The van der Waals surface area contributed by atoms with Crippen LogP contribution < -0.4 is 0 Å². The van der Waals surface area contributed by atoms with Crippen molar-refractivity contribution in [2.75, 3.05) is 52.6 Å². The van der Waals surface area contributed by atoms with Crippen molar-refractivity contribution in [3.05, 3.63) is 47.4 Å². The lowest BCUT2D eigenvalue weighted by atomic mass is 9.91. The molecule has 12 nitrogen and oxygen atoms in total. The molecule has 1 aromatic carbocycles. The van der Waals surface area contributed by atoms with Crippen molar-refractivity contribution in [1.29, 1.82) is 0 Å². The molecule has 270 valence electrons. The summed E-state index contributed by atoms with van der Waals surface area (Å²) >= 11 is 0. The molecule has 0 aliphatic carbocycles. The van der Waals surface area contributed by atoms with Gasteiger partial charge < -0.3 is 24.4 Å². The third-order valence-electron chi connectivity index (χ3n) is 10.0. The van der Waals surface area contributed by atoms with E-state index < -0.39 is 40.1 Å². The van der Waals surface area contributed by atoms with Crippen LogP contribution in [0.3, 0.4) is 0 Å². The Bertz CT molecular complexity index is 1660. The number of carbonyl (C=O) groups is 2. The largest absolute Gasteiger partial charge is 0.457 e. The van der Waals surface area contributed by atoms with Crippen LogP contribution in [0.1, 0.15) is 64.5 Å². The van der Waals surface area contributed by atoms with E-state index in [1.54, 1.807) is 15.7 Å². The first kappa shape index (κ1) is 36.9. The molecule has 1 amide bonds. The molecule has 49 heavy (non-hydrogen) atoms. The third kappa shape index (κ3) is 9.27. The van der Waals surface area contributed by atoms with Crippen LogP contribution in [0.5, 0.6) is 0 Å². The second-order valence-corrected chi connectivity index (χ2v) is 16.0. The van der Waals surface area contributed by atoms with E-state index in [2.05, 4.69) is 10.00 Å². The standard InChI is InChI=1S/C35H50FN5O7S/c1-23-6-8-28(42)21-33(43)48-34(24(2)7-9-32(23)47-35(44)39-16-14-38(4)15-17-39)25(3)18-26-19-30(36)29-22-37-41(31(29)20-26)27-10-12-40(13-11-27)49(5,45)46/h7,9,18-20,22-24,27-28,32,34,42H,6,8,10-17,21H2,1-5H3/b9-7+,25-18+/t23-,24-,28+,32?,34-/m0/s1. The van der Waals surface area contributed by atoms with Crippen molar-refractivity contribution in [2.45, 2.75) is 77.2 Å². The zero-order chi connectivity index (χ0) is 35.5. The monoisotopic (exact) mass is 703 g/mol. The Morgan fingerprint density at radius 3 is 2.43 bits per heavy atom. The molecule has 4 heterocycles. The van der Waals surface area contributed by atoms with Gasteiger partial charge in [-0.1, -0.05) is 26.0 Å². The Morgan fingerprint density at radius 1 is 1.06 bits per heavy atom. The molecule has 1 aromatic heterocycles. The summed E-state index contributed by atoms with van der Waals surface area (Å²) in [5.41, 5.74) is 1.83. The number of piperidine rings is 1. The van der Waals surface area contributed by atoms with Gasteiger partial charge in [0.25, 0.3) is 0 Å². The Labute approximate surface area is 288 Å². The maximum absolute atomic E-state index is 15.4. The highest BCUT2D eigenvalue weighted by atomic mass is 32.2. The van der Waals surface area contributed by atoms with E-state index in [4.69, 9.17) is 9.47 Å². The number of piperazine rings is 1. The second kappa shape index (κ2) is 15.7. The fourth-order valence-electron chi connectivity index (χ4n) is 6.89. The lowest BCUT2D eigenvalue weighted by Gasteiger charge is -2.33. The fourth-order valence-corrected chi connectivity index (χ4v) is 7.76. The highest BCUT2D eigenvalue weighted by Crippen LogP contribution is 2.31. The molecular weight excluding hydrogens is 653 g/mol. The van der Waals surface area contributed by atoms with Crippen LogP contribution in [-0.4, -0.2) is 120 Å². The van der Waals surface area contributed by atoms with Crippen LogP contribution in [0.15, 0.2) is 36.1 Å². The summed E-state index contributed by atoms with van der Waals surface area (Å²) in [6.07, 6.45) is 7.53. The van der Waals surface area contributed by atoms with Gasteiger partial charge in [0, 0.05) is 45.2 Å². The normalized spacial score (nSPS) is 28.5. The van der Waals surface area contributed by atoms with E-state index in [0.29, 0.717) is 73.9 Å². The van der Waals surface area contributed by atoms with E-state index in [9.17, 15) is 23.1 Å². The lowest BCUT2D eigenvalue weighted by molar-refractivity contribution is -0.151. The van der Waals surface area contributed by atoms with Crippen molar-refractivity contribution in [3.63, 3.8) is 0 Å². The number of fused-ring (bicyclic) bond motifs is 1. The summed E-state index contributed by atoms with van der Waals surface area (Å²) in [5, 5.41) is 15.5. The Morgan fingerprint density at radius 2 is 1.76 bits per heavy atom. The maximum Gasteiger partial charge on any atom is 0.410 e. The van der Waals surface area contributed by atoms with Gasteiger partial charge >= 0.3 is 12.1 Å². The van der Waals surface area contributed by atoms with Crippen molar-refractivity contribution in [1.82, 2.24) is 23.9 Å². The van der Waals surface area contributed by atoms with Gasteiger partial charge in [-0.3, -0.25) is 9.48 Å². The van der Waals surface area contributed by atoms with Crippen molar-refractivity contribution < 1.29 is 37.0 Å². The van der Waals surface area contributed by atoms with Gasteiger partial charge in [-0.05, 0) is 74.9 Å². The minimum absolute atomic E-state index is 0.0835. The number of carbonyl (C=O) groups excluding carboxylic acids is 2. The van der Waals surface area contributed by atoms with Crippen molar-refractivity contribution >= 4 is 39.1 Å². The van der Waals surface area contributed by atoms with Crippen molar-refractivity contribution in [3.8, 4) is 0 Å². The first-order chi connectivity index (χ1) is 23.2. The topological polar surface area (TPSA) is 135 Å². The van der Waals surface area contributed by atoms with Crippen molar-refractivity contribution in [2.24, 2.45) is 11.8 Å². The molecule has 14 heteroatoms. The number of likely N-dealkylation sites (N-methyl/N-ethyl adjacent to an activating group) is 1. The van der Waals surface area contributed by atoms with Crippen LogP contribution in [0.4, 0.5) is 9.18 Å². The molecule has 5 atom stereocenters. The smallest absolute Gasteiger partial charge is 0.410 e.